The number of hydrogen-bond donors (Lipinski definition) is 1. The number of rotatable bonds is 12. The van der Waals surface area contributed by atoms with Crippen LogP contribution in [0, 0.1) is 5.82 Å². The number of carbonyl (C=O) groups excluding carboxylic acids is 1. The predicted octanol–water partition coefficient (Wildman–Crippen LogP) is 4.47. The normalized spacial score (nSPS) is 11.1. The summed E-state index contributed by atoms with van der Waals surface area (Å²) >= 11 is 1.76. The van der Waals surface area contributed by atoms with E-state index >= 15 is 0 Å². The van der Waals surface area contributed by atoms with E-state index in [1.54, 1.807) is 11.8 Å². The number of ether oxygens (including phenoxy) is 1. The van der Waals surface area contributed by atoms with Crippen LogP contribution in [0.5, 0.6) is 5.75 Å². The maximum absolute atomic E-state index is 14.5. The van der Waals surface area contributed by atoms with Gasteiger partial charge in [-0.2, -0.15) is 11.8 Å². The number of para-hydroxylation sites is 1. The van der Waals surface area contributed by atoms with Gasteiger partial charge in [-0.1, -0.05) is 42.5 Å². The summed E-state index contributed by atoms with van der Waals surface area (Å²) in [5, 5.41) is 2.74. The fourth-order valence-electron chi connectivity index (χ4n) is 3.18. The molecule has 0 radical (unpaired) electrons. The predicted molar refractivity (Wildman–Crippen MR) is 134 cm³/mol. The average molecular weight is 503 g/mol. The van der Waals surface area contributed by atoms with Crippen molar-refractivity contribution in [3.05, 3.63) is 90.2 Å². The maximum Gasteiger partial charge on any atom is 0.264 e. The van der Waals surface area contributed by atoms with E-state index in [2.05, 4.69) is 17.4 Å². The van der Waals surface area contributed by atoms with Gasteiger partial charge < -0.3 is 10.1 Å². The molecule has 0 saturated carbocycles. The molecule has 0 aromatic heterocycles. The Morgan fingerprint density at radius 3 is 2.35 bits per heavy atom. The van der Waals surface area contributed by atoms with Crippen molar-refractivity contribution in [2.75, 3.05) is 30.3 Å². The highest BCUT2D eigenvalue weighted by atomic mass is 32.2. The summed E-state index contributed by atoms with van der Waals surface area (Å²) in [5.41, 5.74) is 1.05. The van der Waals surface area contributed by atoms with E-state index in [4.69, 9.17) is 4.74 Å². The zero-order chi connectivity index (χ0) is 24.4. The Balaban J connectivity index is 1.62. The first kappa shape index (κ1) is 25.6. The van der Waals surface area contributed by atoms with E-state index in [1.165, 1.54) is 55.1 Å². The summed E-state index contributed by atoms with van der Waals surface area (Å²) in [7, 11) is -2.72. The smallest absolute Gasteiger partial charge is 0.264 e. The average Bonchev–Trinajstić information content (AvgIpc) is 2.86. The van der Waals surface area contributed by atoms with Crippen molar-refractivity contribution >= 4 is 33.4 Å². The molecule has 0 atom stereocenters. The zero-order valence-corrected chi connectivity index (χ0v) is 20.4. The standard InChI is InChI=1S/C25H27FN2O4S2/c1-32-21-12-14-22(15-13-21)34(30,31)28(24-11-6-5-10-23(24)26)18-25(29)27-16-7-17-33-19-20-8-3-2-4-9-20/h2-6,8-15H,7,16-19H2,1H3,(H,27,29). The van der Waals surface area contributed by atoms with Gasteiger partial charge in [-0.3, -0.25) is 9.10 Å². The summed E-state index contributed by atoms with van der Waals surface area (Å²) in [4.78, 5) is 12.5. The molecule has 0 fully saturated rings. The molecule has 6 nitrogen and oxygen atoms in total. The first-order chi connectivity index (χ1) is 16.4. The molecule has 0 heterocycles. The van der Waals surface area contributed by atoms with Crippen LogP contribution in [-0.4, -0.2) is 40.3 Å². The maximum atomic E-state index is 14.5. The van der Waals surface area contributed by atoms with Gasteiger partial charge in [0.2, 0.25) is 5.91 Å². The number of thioether (sulfide) groups is 1. The van der Waals surface area contributed by atoms with Crippen LogP contribution in [0.1, 0.15) is 12.0 Å². The molecule has 1 N–H and O–H groups in total. The van der Waals surface area contributed by atoms with Crippen LogP contribution in [0.25, 0.3) is 0 Å². The Hall–Kier alpha value is -3.04. The Morgan fingerprint density at radius 2 is 1.68 bits per heavy atom. The van der Waals surface area contributed by atoms with Gasteiger partial charge in [0.1, 0.15) is 18.1 Å². The lowest BCUT2D eigenvalue weighted by Gasteiger charge is -2.24. The molecule has 180 valence electrons. The van der Waals surface area contributed by atoms with Crippen molar-refractivity contribution in [2.45, 2.75) is 17.1 Å². The zero-order valence-electron chi connectivity index (χ0n) is 18.8. The lowest BCUT2D eigenvalue weighted by atomic mass is 10.2. The third-order valence-corrected chi connectivity index (χ3v) is 7.84. The van der Waals surface area contributed by atoms with Crippen LogP contribution in [0.15, 0.2) is 83.8 Å². The molecule has 3 aromatic carbocycles. The van der Waals surface area contributed by atoms with Gasteiger partial charge >= 0.3 is 0 Å². The molecule has 0 aliphatic rings. The van der Waals surface area contributed by atoms with Crippen LogP contribution < -0.4 is 14.4 Å². The number of nitrogens with zero attached hydrogens (tertiary/aromatic N) is 1. The fourth-order valence-corrected chi connectivity index (χ4v) is 5.53. The highest BCUT2D eigenvalue weighted by Crippen LogP contribution is 2.27. The number of carbonyl (C=O) groups is 1. The molecule has 0 bridgehead atoms. The van der Waals surface area contributed by atoms with Crippen LogP contribution in [0.2, 0.25) is 0 Å². The van der Waals surface area contributed by atoms with Gasteiger partial charge in [0, 0.05) is 12.3 Å². The highest BCUT2D eigenvalue weighted by molar-refractivity contribution is 7.98. The number of hydrogen-bond acceptors (Lipinski definition) is 5. The molecular weight excluding hydrogens is 475 g/mol. The number of halogens is 1. The van der Waals surface area contributed by atoms with Gasteiger partial charge in [0.05, 0.1) is 17.7 Å². The number of anilines is 1. The number of sulfonamides is 1. The second-order valence-corrected chi connectivity index (χ2v) is 10.3. The first-order valence-electron chi connectivity index (χ1n) is 10.7. The van der Waals surface area contributed by atoms with Crippen LogP contribution >= 0.6 is 11.8 Å². The largest absolute Gasteiger partial charge is 0.497 e. The SMILES string of the molecule is COc1ccc(S(=O)(=O)N(CC(=O)NCCCSCc2ccccc2)c2ccccc2F)cc1. The first-order valence-corrected chi connectivity index (χ1v) is 13.3. The molecule has 3 rings (SSSR count). The van der Waals surface area contributed by atoms with Crippen molar-refractivity contribution in [1.29, 1.82) is 0 Å². The van der Waals surface area contributed by atoms with Crippen LogP contribution in [-0.2, 0) is 20.6 Å². The fraction of sp³-hybridized carbons (Fsp3) is 0.240. The minimum absolute atomic E-state index is 0.0679. The minimum Gasteiger partial charge on any atom is -0.497 e. The summed E-state index contributed by atoms with van der Waals surface area (Å²) in [5.74, 6) is 0.976. The van der Waals surface area contributed by atoms with E-state index in [1.807, 2.05) is 18.2 Å². The van der Waals surface area contributed by atoms with Gasteiger partial charge in [-0.25, -0.2) is 12.8 Å². The van der Waals surface area contributed by atoms with Crippen molar-refractivity contribution < 1.29 is 22.3 Å². The Kier molecular flexibility index (Phi) is 9.35. The molecule has 1 amide bonds. The Labute approximate surface area is 204 Å². The van der Waals surface area contributed by atoms with E-state index in [0.29, 0.717) is 12.3 Å². The van der Waals surface area contributed by atoms with Crippen molar-refractivity contribution in [2.24, 2.45) is 0 Å². The summed E-state index contributed by atoms with van der Waals surface area (Å²) in [6, 6.07) is 21.3. The van der Waals surface area contributed by atoms with E-state index in [0.717, 1.165) is 28.3 Å². The van der Waals surface area contributed by atoms with Gasteiger partial charge in [0.15, 0.2) is 0 Å². The van der Waals surface area contributed by atoms with Crippen molar-refractivity contribution in [3.63, 3.8) is 0 Å². The van der Waals surface area contributed by atoms with Crippen molar-refractivity contribution in [3.8, 4) is 5.75 Å². The van der Waals surface area contributed by atoms with Gasteiger partial charge in [-0.05, 0) is 54.1 Å². The van der Waals surface area contributed by atoms with Crippen molar-refractivity contribution in [1.82, 2.24) is 5.32 Å². The third kappa shape index (κ3) is 6.98. The molecule has 0 aliphatic carbocycles. The highest BCUT2D eigenvalue weighted by Gasteiger charge is 2.29. The molecule has 0 unspecified atom stereocenters. The van der Waals surface area contributed by atoms with E-state index in [9.17, 15) is 17.6 Å². The number of benzene rings is 3. The topological polar surface area (TPSA) is 75.7 Å². The number of amides is 1. The molecular formula is C25H27FN2O4S2. The third-order valence-electron chi connectivity index (χ3n) is 4.95. The second-order valence-electron chi connectivity index (χ2n) is 7.38. The molecule has 9 heteroatoms. The molecule has 0 saturated heterocycles. The monoisotopic (exact) mass is 502 g/mol. The minimum atomic E-state index is -4.19. The molecule has 0 spiro atoms. The summed E-state index contributed by atoms with van der Waals surface area (Å²) in [6.07, 6.45) is 0.730. The molecule has 34 heavy (non-hydrogen) atoms. The number of nitrogens with one attached hydrogen (secondary N) is 1. The quantitative estimate of drug-likeness (QED) is 0.370. The summed E-state index contributed by atoms with van der Waals surface area (Å²) < 4.78 is 47.0. The van der Waals surface area contributed by atoms with E-state index < -0.39 is 28.3 Å². The summed E-state index contributed by atoms with van der Waals surface area (Å²) in [6.45, 7) is -0.138. The lowest BCUT2D eigenvalue weighted by molar-refractivity contribution is -0.119. The Bertz CT molecular complexity index is 1170. The lowest BCUT2D eigenvalue weighted by Crippen LogP contribution is -2.41. The Morgan fingerprint density at radius 1 is 1.00 bits per heavy atom. The van der Waals surface area contributed by atoms with E-state index in [-0.39, 0.29) is 10.6 Å². The van der Waals surface area contributed by atoms with Crippen LogP contribution in [0.3, 0.4) is 0 Å². The van der Waals surface area contributed by atoms with Crippen LogP contribution in [0.4, 0.5) is 10.1 Å². The molecule has 0 aliphatic heterocycles. The molecule has 3 aromatic rings. The number of methoxy groups -OCH3 is 1. The second kappa shape index (κ2) is 12.4. The van der Waals surface area contributed by atoms with Gasteiger partial charge in [0.25, 0.3) is 10.0 Å². The van der Waals surface area contributed by atoms with Gasteiger partial charge in [-0.15, -0.1) is 0 Å².